The number of hydrogen-bond donors (Lipinski definition) is 1. The minimum atomic E-state index is 1.02. The van der Waals surface area contributed by atoms with E-state index in [9.17, 15) is 0 Å². The van der Waals surface area contributed by atoms with Crippen LogP contribution in [0, 0.1) is 13.8 Å². The summed E-state index contributed by atoms with van der Waals surface area (Å²) in [6.45, 7) is 4.06. The summed E-state index contributed by atoms with van der Waals surface area (Å²) >= 11 is 3.50. The van der Waals surface area contributed by atoms with Gasteiger partial charge in [-0.2, -0.15) is 0 Å². The zero-order chi connectivity index (χ0) is 8.72. The molecule has 2 aromatic rings. The van der Waals surface area contributed by atoms with E-state index in [1.54, 1.807) is 0 Å². The predicted octanol–water partition coefficient (Wildman–Crippen LogP) is 2.94. The molecule has 62 valence electrons. The molecule has 0 fully saturated rings. The van der Waals surface area contributed by atoms with Crippen LogP contribution in [0.15, 0.2) is 16.9 Å². The summed E-state index contributed by atoms with van der Waals surface area (Å²) in [7, 11) is 0. The second-order valence-electron chi connectivity index (χ2n) is 2.92. The molecule has 0 radical (unpaired) electrons. The number of nitrogens with one attached hydrogen (secondary N) is 1. The van der Waals surface area contributed by atoms with Gasteiger partial charge < -0.3 is 4.98 Å². The highest BCUT2D eigenvalue weighted by Crippen LogP contribution is 2.26. The molecule has 12 heavy (non-hydrogen) atoms. The first-order valence-corrected chi connectivity index (χ1v) is 4.58. The first kappa shape index (κ1) is 7.80. The highest BCUT2D eigenvalue weighted by atomic mass is 79.9. The Morgan fingerprint density at radius 3 is 2.92 bits per heavy atom. The lowest BCUT2D eigenvalue weighted by molar-refractivity contribution is 1.20. The zero-order valence-electron chi connectivity index (χ0n) is 6.98. The maximum absolute atomic E-state index is 4.27. The number of halogens is 1. The average Bonchev–Trinajstić information content (AvgIpc) is 2.41. The van der Waals surface area contributed by atoms with Gasteiger partial charge >= 0.3 is 0 Å². The van der Waals surface area contributed by atoms with E-state index in [1.807, 2.05) is 19.3 Å². The number of rotatable bonds is 0. The van der Waals surface area contributed by atoms with Crippen molar-refractivity contribution in [3.05, 3.63) is 28.1 Å². The van der Waals surface area contributed by atoms with Crippen molar-refractivity contribution in [2.75, 3.05) is 0 Å². The molecule has 0 amide bonds. The fraction of sp³-hybridized carbons (Fsp3) is 0.222. The van der Waals surface area contributed by atoms with Crippen LogP contribution in [0.4, 0.5) is 0 Å². The summed E-state index contributed by atoms with van der Waals surface area (Å²) in [5.41, 5.74) is 3.39. The largest absolute Gasteiger partial charge is 0.360 e. The summed E-state index contributed by atoms with van der Waals surface area (Å²) in [5, 5.41) is 1.19. The van der Waals surface area contributed by atoms with Crippen LogP contribution < -0.4 is 0 Å². The van der Waals surface area contributed by atoms with E-state index >= 15 is 0 Å². The van der Waals surface area contributed by atoms with Crippen LogP contribution in [0.25, 0.3) is 10.9 Å². The van der Waals surface area contributed by atoms with E-state index in [4.69, 9.17) is 0 Å². The van der Waals surface area contributed by atoms with Crippen molar-refractivity contribution < 1.29 is 0 Å². The van der Waals surface area contributed by atoms with Gasteiger partial charge in [0, 0.05) is 17.8 Å². The number of H-pyrrole nitrogens is 1. The second kappa shape index (κ2) is 2.59. The highest BCUT2D eigenvalue weighted by Gasteiger charge is 2.05. The Labute approximate surface area is 79.1 Å². The van der Waals surface area contributed by atoms with Crippen LogP contribution in [0.5, 0.6) is 0 Å². The van der Waals surface area contributed by atoms with Gasteiger partial charge in [-0.15, -0.1) is 0 Å². The molecular weight excluding hydrogens is 216 g/mol. The molecule has 0 saturated carbocycles. The lowest BCUT2D eigenvalue weighted by Crippen LogP contribution is -1.83. The summed E-state index contributed by atoms with van der Waals surface area (Å²) in [6, 6.07) is 0. The summed E-state index contributed by atoms with van der Waals surface area (Å²) < 4.78 is 1.06. The van der Waals surface area contributed by atoms with Gasteiger partial charge in [-0.25, -0.2) is 0 Å². The van der Waals surface area contributed by atoms with Crippen molar-refractivity contribution in [2.45, 2.75) is 13.8 Å². The third kappa shape index (κ3) is 0.966. The van der Waals surface area contributed by atoms with E-state index in [1.165, 1.54) is 10.9 Å². The fourth-order valence-corrected chi connectivity index (χ4v) is 1.71. The molecule has 2 rings (SSSR count). The molecule has 3 heteroatoms. The molecule has 0 aromatic carbocycles. The van der Waals surface area contributed by atoms with Crippen LogP contribution in [0.3, 0.4) is 0 Å². The Morgan fingerprint density at radius 2 is 2.17 bits per heavy atom. The molecule has 1 N–H and O–H groups in total. The van der Waals surface area contributed by atoms with Crippen LogP contribution >= 0.6 is 15.9 Å². The summed E-state index contributed by atoms with van der Waals surface area (Å²) in [5.74, 6) is 0. The van der Waals surface area contributed by atoms with Gasteiger partial charge in [0.2, 0.25) is 0 Å². The Bertz CT molecular complexity index is 431. The highest BCUT2D eigenvalue weighted by molar-refractivity contribution is 9.10. The van der Waals surface area contributed by atoms with E-state index in [0.717, 1.165) is 15.7 Å². The van der Waals surface area contributed by atoms with Crippen molar-refractivity contribution in [3.8, 4) is 0 Å². The Morgan fingerprint density at radius 1 is 1.42 bits per heavy atom. The topological polar surface area (TPSA) is 28.7 Å². The van der Waals surface area contributed by atoms with Crippen LogP contribution in [-0.2, 0) is 0 Å². The van der Waals surface area contributed by atoms with Gasteiger partial charge in [0.25, 0.3) is 0 Å². The third-order valence-corrected chi connectivity index (χ3v) is 3.02. The molecule has 0 atom stereocenters. The molecule has 0 aliphatic carbocycles. The van der Waals surface area contributed by atoms with Gasteiger partial charge in [-0.3, -0.25) is 4.98 Å². The molecular formula is C9H9BrN2. The van der Waals surface area contributed by atoms with Gasteiger partial charge in [0.1, 0.15) is 0 Å². The standard InChI is InChI=1S/C9H9BrN2/c1-5-3-12-9-7(5)4-11-6(2)8(9)10/h3-4,12H,1-2H3. The van der Waals surface area contributed by atoms with Gasteiger partial charge in [0.05, 0.1) is 15.7 Å². The minimum absolute atomic E-state index is 1.02. The predicted molar refractivity (Wildman–Crippen MR) is 53.3 cm³/mol. The number of aryl methyl sites for hydroxylation is 2. The minimum Gasteiger partial charge on any atom is -0.360 e. The van der Waals surface area contributed by atoms with Crippen LogP contribution in [0.2, 0.25) is 0 Å². The van der Waals surface area contributed by atoms with E-state index in [2.05, 4.69) is 32.8 Å². The lowest BCUT2D eigenvalue weighted by Gasteiger charge is -1.97. The molecule has 0 spiro atoms. The van der Waals surface area contributed by atoms with Crippen molar-refractivity contribution in [1.82, 2.24) is 9.97 Å². The van der Waals surface area contributed by atoms with Crippen molar-refractivity contribution in [2.24, 2.45) is 0 Å². The summed E-state index contributed by atoms with van der Waals surface area (Å²) in [4.78, 5) is 7.48. The number of aromatic amines is 1. The van der Waals surface area contributed by atoms with Gasteiger partial charge in [-0.1, -0.05) is 0 Å². The maximum Gasteiger partial charge on any atom is 0.0635 e. The number of fused-ring (bicyclic) bond motifs is 1. The Balaban J connectivity index is 2.93. The normalized spacial score (nSPS) is 10.9. The van der Waals surface area contributed by atoms with E-state index in [-0.39, 0.29) is 0 Å². The second-order valence-corrected chi connectivity index (χ2v) is 3.71. The molecule has 2 aromatic heterocycles. The van der Waals surface area contributed by atoms with Crippen LogP contribution in [0.1, 0.15) is 11.3 Å². The van der Waals surface area contributed by atoms with Crippen molar-refractivity contribution in [3.63, 3.8) is 0 Å². The molecule has 2 heterocycles. The number of nitrogens with zero attached hydrogens (tertiary/aromatic N) is 1. The molecule has 0 bridgehead atoms. The molecule has 2 nitrogen and oxygen atoms in total. The van der Waals surface area contributed by atoms with Crippen molar-refractivity contribution in [1.29, 1.82) is 0 Å². The van der Waals surface area contributed by atoms with E-state index in [0.29, 0.717) is 0 Å². The number of aromatic nitrogens is 2. The first-order valence-electron chi connectivity index (χ1n) is 3.79. The smallest absolute Gasteiger partial charge is 0.0635 e. The molecule has 0 saturated heterocycles. The monoisotopic (exact) mass is 224 g/mol. The zero-order valence-corrected chi connectivity index (χ0v) is 8.57. The molecule has 0 unspecified atom stereocenters. The first-order chi connectivity index (χ1) is 5.70. The number of pyridine rings is 1. The van der Waals surface area contributed by atoms with Gasteiger partial charge in [0.15, 0.2) is 0 Å². The fourth-order valence-electron chi connectivity index (χ4n) is 1.28. The lowest BCUT2D eigenvalue weighted by atomic mass is 10.2. The maximum atomic E-state index is 4.27. The molecule has 0 aliphatic heterocycles. The van der Waals surface area contributed by atoms with Gasteiger partial charge in [-0.05, 0) is 35.3 Å². The Kier molecular flexibility index (Phi) is 1.68. The summed E-state index contributed by atoms with van der Waals surface area (Å²) in [6.07, 6.45) is 3.90. The quantitative estimate of drug-likeness (QED) is 0.733. The van der Waals surface area contributed by atoms with Crippen molar-refractivity contribution >= 4 is 26.8 Å². The number of hydrogen-bond acceptors (Lipinski definition) is 1. The third-order valence-electron chi connectivity index (χ3n) is 2.05. The average molecular weight is 225 g/mol. The molecule has 0 aliphatic rings. The Hall–Kier alpha value is -0.830. The SMILES string of the molecule is Cc1ncc2c(C)c[nH]c2c1Br. The van der Waals surface area contributed by atoms with E-state index < -0.39 is 0 Å². The van der Waals surface area contributed by atoms with Crippen LogP contribution in [-0.4, -0.2) is 9.97 Å².